The van der Waals surface area contributed by atoms with Gasteiger partial charge < -0.3 is 0 Å². The van der Waals surface area contributed by atoms with Crippen molar-refractivity contribution in [2.24, 2.45) is 0 Å². The van der Waals surface area contributed by atoms with E-state index >= 15 is 0 Å². The van der Waals surface area contributed by atoms with Crippen LogP contribution in [0.1, 0.15) is 0 Å². The van der Waals surface area contributed by atoms with Crippen LogP contribution in [0.15, 0.2) is 35.2 Å². The summed E-state index contributed by atoms with van der Waals surface area (Å²) in [6.45, 7) is 0. The molecule has 0 spiro atoms. The molecule has 0 atom stereocenters. The van der Waals surface area contributed by atoms with Gasteiger partial charge in [0.25, 0.3) is 9.84 Å². The molecule has 0 aliphatic rings. The number of sulfone groups is 1. The summed E-state index contributed by atoms with van der Waals surface area (Å²) in [5.41, 5.74) is -5.37. The number of benzene rings is 4. The molecule has 0 N–H and O–H groups in total. The van der Waals surface area contributed by atoms with Crippen LogP contribution in [0.25, 0.3) is 21.5 Å². The Morgan fingerprint density at radius 3 is 2.40 bits per heavy atom. The zero-order valence-electron chi connectivity index (χ0n) is 9.62. The van der Waals surface area contributed by atoms with E-state index in [9.17, 15) is 21.6 Å². The van der Waals surface area contributed by atoms with E-state index in [0.717, 1.165) is 0 Å². The fraction of sp³-hybridized carbons (Fsp3) is 0.0769. The van der Waals surface area contributed by atoms with E-state index in [1.807, 2.05) is 0 Å². The van der Waals surface area contributed by atoms with Crippen molar-refractivity contribution in [1.82, 2.24) is 0 Å². The zero-order chi connectivity index (χ0) is 14.7. The average Bonchev–Trinajstić information content (AvgIpc) is 2.37. The minimum absolute atomic E-state index is 0.0326. The van der Waals surface area contributed by atoms with Crippen LogP contribution < -0.4 is 0 Å². The van der Waals surface area contributed by atoms with E-state index in [0.29, 0.717) is 10.8 Å². The first kappa shape index (κ1) is 13.5. The predicted octanol–water partition coefficient (Wildman–Crippen LogP) is 4.18. The molecule has 0 saturated heterocycles. The minimum atomic E-state index is -5.47. The minimum Gasteiger partial charge on any atom is -0.214 e. The van der Waals surface area contributed by atoms with Crippen LogP contribution in [0.3, 0.4) is 0 Å². The van der Waals surface area contributed by atoms with Crippen molar-refractivity contribution in [3.63, 3.8) is 0 Å². The van der Waals surface area contributed by atoms with Crippen LogP contribution >= 0.6 is 11.6 Å². The molecular weight excluding hydrogens is 313 g/mol. The Hall–Kier alpha value is -1.53. The highest BCUT2D eigenvalue weighted by Crippen LogP contribution is 2.40. The summed E-state index contributed by atoms with van der Waals surface area (Å²) < 4.78 is 61.5. The van der Waals surface area contributed by atoms with Crippen LogP contribution in [0.2, 0.25) is 5.02 Å². The molecule has 2 bridgehead atoms. The Kier molecular flexibility index (Phi) is 2.68. The van der Waals surface area contributed by atoms with E-state index in [-0.39, 0.29) is 15.8 Å². The lowest BCUT2D eigenvalue weighted by atomic mass is 9.99. The van der Waals surface area contributed by atoms with Gasteiger partial charge in [-0.3, -0.25) is 0 Å². The van der Waals surface area contributed by atoms with Crippen LogP contribution in [0.4, 0.5) is 13.2 Å². The smallest absolute Gasteiger partial charge is 0.214 e. The molecule has 2 nitrogen and oxygen atoms in total. The summed E-state index contributed by atoms with van der Waals surface area (Å²) in [5.74, 6) is 0. The highest BCUT2D eigenvalue weighted by atomic mass is 35.5. The largest absolute Gasteiger partial charge is 0.501 e. The Morgan fingerprint density at radius 1 is 1.10 bits per heavy atom. The molecule has 0 heterocycles. The van der Waals surface area contributed by atoms with Crippen molar-refractivity contribution in [1.29, 1.82) is 0 Å². The number of alkyl halides is 3. The predicted molar refractivity (Wildman–Crippen MR) is 69.7 cm³/mol. The molecule has 0 aliphatic carbocycles. The van der Waals surface area contributed by atoms with E-state index in [1.54, 1.807) is 12.1 Å². The molecule has 20 heavy (non-hydrogen) atoms. The highest BCUT2D eigenvalue weighted by Gasteiger charge is 2.47. The van der Waals surface area contributed by atoms with Gasteiger partial charge in [-0.05, 0) is 16.8 Å². The quantitative estimate of drug-likeness (QED) is 0.675. The zero-order valence-corrected chi connectivity index (χ0v) is 11.2. The van der Waals surface area contributed by atoms with Crippen LogP contribution in [-0.4, -0.2) is 13.9 Å². The normalized spacial score (nSPS) is 13.4. The van der Waals surface area contributed by atoms with Crippen molar-refractivity contribution in [3.05, 3.63) is 41.4 Å². The molecule has 0 amide bonds. The van der Waals surface area contributed by atoms with Gasteiger partial charge in [-0.1, -0.05) is 35.9 Å². The van der Waals surface area contributed by atoms with Crippen molar-refractivity contribution < 1.29 is 21.6 Å². The molecule has 0 aromatic heterocycles. The van der Waals surface area contributed by atoms with Gasteiger partial charge in [-0.15, -0.1) is 0 Å². The van der Waals surface area contributed by atoms with Gasteiger partial charge in [0.15, 0.2) is 0 Å². The average molecular weight is 318 g/mol. The Morgan fingerprint density at radius 2 is 1.80 bits per heavy atom. The first-order chi connectivity index (χ1) is 9.23. The molecule has 103 valence electrons. The lowest BCUT2D eigenvalue weighted by molar-refractivity contribution is -0.0435. The second-order valence-corrected chi connectivity index (χ2v) is 6.52. The maximum absolute atomic E-state index is 12.7. The van der Waals surface area contributed by atoms with Crippen molar-refractivity contribution in [2.75, 3.05) is 0 Å². The molecule has 4 aromatic rings. The number of hydrogen-bond donors (Lipinski definition) is 0. The van der Waals surface area contributed by atoms with E-state index in [1.165, 1.54) is 18.2 Å². The van der Waals surface area contributed by atoms with E-state index in [2.05, 4.69) is 6.07 Å². The molecule has 0 saturated carbocycles. The molecule has 0 fully saturated rings. The third-order valence-electron chi connectivity index (χ3n) is 3.08. The Bertz CT molecular complexity index is 916. The Labute approximate surface area is 117 Å². The lowest BCUT2D eigenvalue weighted by Gasteiger charge is -2.14. The van der Waals surface area contributed by atoms with E-state index < -0.39 is 20.2 Å². The third-order valence-corrected chi connectivity index (χ3v) is 4.87. The number of halogens is 4. The SMILES string of the molecule is O=S(=O)(c1[c]ccc2c3ccc(c(Cl)c3)c12)C(F)(F)F. The summed E-state index contributed by atoms with van der Waals surface area (Å²) in [7, 11) is -5.47. The molecule has 1 radical (unpaired) electrons. The lowest BCUT2D eigenvalue weighted by Crippen LogP contribution is -2.23. The van der Waals surface area contributed by atoms with Gasteiger partial charge in [0.1, 0.15) is 0 Å². The van der Waals surface area contributed by atoms with Gasteiger partial charge in [-0.2, -0.15) is 13.2 Å². The van der Waals surface area contributed by atoms with Crippen LogP contribution in [-0.2, 0) is 9.84 Å². The fourth-order valence-corrected chi connectivity index (χ4v) is 3.42. The van der Waals surface area contributed by atoms with Crippen LogP contribution in [0.5, 0.6) is 0 Å². The molecular formula is C13H5ClF3O2S. The third kappa shape index (κ3) is 1.68. The summed E-state index contributed by atoms with van der Waals surface area (Å²) in [5, 5.41) is 1.43. The monoisotopic (exact) mass is 317 g/mol. The van der Waals surface area contributed by atoms with Gasteiger partial charge in [0, 0.05) is 21.9 Å². The summed E-state index contributed by atoms with van der Waals surface area (Å²) in [6.07, 6.45) is 0. The first-order valence-corrected chi connectivity index (χ1v) is 7.26. The summed E-state index contributed by atoms with van der Waals surface area (Å²) in [4.78, 5) is -0.884. The summed E-state index contributed by atoms with van der Waals surface area (Å²) in [6, 6.07) is 9.64. The van der Waals surface area contributed by atoms with Crippen molar-refractivity contribution >= 4 is 43.0 Å². The standard InChI is InChI=1S/C13H5ClF3O2S/c14-10-6-7-4-5-9(10)12-8(7)2-1-3-11(12)20(18,19)13(15,16)17/h1-2,4-6H. The molecule has 7 heteroatoms. The summed E-state index contributed by atoms with van der Waals surface area (Å²) >= 11 is 5.94. The topological polar surface area (TPSA) is 34.1 Å². The highest BCUT2D eigenvalue weighted by molar-refractivity contribution is 7.92. The van der Waals surface area contributed by atoms with Gasteiger partial charge in [-0.25, -0.2) is 8.42 Å². The van der Waals surface area contributed by atoms with E-state index in [4.69, 9.17) is 11.6 Å². The number of hydrogen-bond acceptors (Lipinski definition) is 2. The second kappa shape index (κ2) is 3.99. The fourth-order valence-electron chi connectivity index (χ4n) is 2.20. The van der Waals surface area contributed by atoms with Gasteiger partial charge in [0.2, 0.25) is 0 Å². The molecule has 4 aromatic carbocycles. The van der Waals surface area contributed by atoms with Gasteiger partial charge >= 0.3 is 5.51 Å². The van der Waals surface area contributed by atoms with Crippen LogP contribution in [0, 0.1) is 6.07 Å². The number of rotatable bonds is 1. The second-order valence-electron chi connectivity index (χ2n) is 4.24. The van der Waals surface area contributed by atoms with Crippen molar-refractivity contribution in [3.8, 4) is 0 Å². The molecule has 0 aliphatic heterocycles. The van der Waals surface area contributed by atoms with Crippen molar-refractivity contribution in [2.45, 2.75) is 10.4 Å². The van der Waals surface area contributed by atoms with Gasteiger partial charge in [0.05, 0.1) is 4.90 Å². The number of fused-ring (bicyclic) bond motifs is 2. The molecule has 0 unspecified atom stereocenters. The maximum Gasteiger partial charge on any atom is 0.501 e. The first-order valence-electron chi connectivity index (χ1n) is 5.40. The maximum atomic E-state index is 12.7. The molecule has 4 rings (SSSR count). The Balaban J connectivity index is 2.53.